The Kier molecular flexibility index (Phi) is 8.81. The van der Waals surface area contributed by atoms with Gasteiger partial charge in [0.05, 0.1) is 7.11 Å². The molecule has 0 bridgehead atoms. The van der Waals surface area contributed by atoms with E-state index in [4.69, 9.17) is 11.6 Å². The molecule has 0 saturated carbocycles. The predicted octanol–water partition coefficient (Wildman–Crippen LogP) is 3.29. The summed E-state index contributed by atoms with van der Waals surface area (Å²) in [6, 6.07) is 10.9. The van der Waals surface area contributed by atoms with Crippen LogP contribution in [0.5, 0.6) is 0 Å². The van der Waals surface area contributed by atoms with Gasteiger partial charge in [0.2, 0.25) is 17.7 Å². The van der Waals surface area contributed by atoms with Gasteiger partial charge in [-0.15, -0.1) is 0 Å². The van der Waals surface area contributed by atoms with E-state index in [0.717, 1.165) is 5.56 Å². The number of esters is 1. The van der Waals surface area contributed by atoms with Crippen LogP contribution in [0, 0.1) is 12.7 Å². The smallest absolute Gasteiger partial charge is 0.305 e. The maximum absolute atomic E-state index is 13.3. The van der Waals surface area contributed by atoms with E-state index in [0.29, 0.717) is 16.3 Å². The van der Waals surface area contributed by atoms with Gasteiger partial charge in [0.15, 0.2) is 0 Å². The lowest BCUT2D eigenvalue weighted by molar-refractivity contribution is -0.142. The fourth-order valence-corrected chi connectivity index (χ4v) is 3.93. The molecule has 3 rings (SSSR count). The molecule has 1 fully saturated rings. The fraction of sp³-hybridized carbons (Fsp3) is 0.360. The second-order valence-electron chi connectivity index (χ2n) is 8.24. The molecule has 10 heteroatoms. The molecular formula is C25H27ClFN3O5. The number of hydrogen-bond acceptors (Lipinski definition) is 5. The number of nitrogens with zero attached hydrogens (tertiary/aromatic N) is 3. The Morgan fingerprint density at radius 2 is 1.83 bits per heavy atom. The van der Waals surface area contributed by atoms with Crippen molar-refractivity contribution >= 4 is 41.0 Å². The third-order valence-corrected chi connectivity index (χ3v) is 6.20. The van der Waals surface area contributed by atoms with Crippen molar-refractivity contribution in [1.82, 2.24) is 9.80 Å². The summed E-state index contributed by atoms with van der Waals surface area (Å²) in [7, 11) is 1.27. The van der Waals surface area contributed by atoms with Crippen LogP contribution < -0.4 is 4.90 Å². The van der Waals surface area contributed by atoms with Crippen molar-refractivity contribution in [1.29, 1.82) is 0 Å². The van der Waals surface area contributed by atoms with Crippen molar-refractivity contribution in [3.63, 3.8) is 0 Å². The Morgan fingerprint density at radius 1 is 1.11 bits per heavy atom. The van der Waals surface area contributed by atoms with E-state index in [1.165, 1.54) is 46.1 Å². The van der Waals surface area contributed by atoms with Crippen LogP contribution >= 0.6 is 11.6 Å². The van der Waals surface area contributed by atoms with Gasteiger partial charge in [-0.2, -0.15) is 0 Å². The van der Waals surface area contributed by atoms with Crippen molar-refractivity contribution in [2.75, 3.05) is 31.8 Å². The van der Waals surface area contributed by atoms with Crippen LogP contribution in [-0.4, -0.2) is 60.4 Å². The molecule has 0 aromatic heterocycles. The minimum absolute atomic E-state index is 0.0380. The lowest BCUT2D eigenvalue weighted by atomic mass is 10.1. The number of rotatable bonds is 9. The first-order chi connectivity index (χ1) is 16.7. The van der Waals surface area contributed by atoms with Crippen molar-refractivity contribution < 1.29 is 28.3 Å². The lowest BCUT2D eigenvalue weighted by Crippen LogP contribution is -2.42. The highest BCUT2D eigenvalue weighted by Crippen LogP contribution is 2.28. The second-order valence-corrected chi connectivity index (χ2v) is 8.65. The predicted molar refractivity (Wildman–Crippen MR) is 128 cm³/mol. The Balaban J connectivity index is 1.70. The average Bonchev–Trinajstić information content (AvgIpc) is 3.23. The van der Waals surface area contributed by atoms with Gasteiger partial charge in [-0.1, -0.05) is 29.8 Å². The van der Waals surface area contributed by atoms with Gasteiger partial charge < -0.3 is 14.5 Å². The number of anilines is 1. The van der Waals surface area contributed by atoms with Crippen molar-refractivity contribution in [3.8, 4) is 0 Å². The number of ether oxygens (including phenoxy) is 1. The zero-order valence-corrected chi connectivity index (χ0v) is 20.4. The van der Waals surface area contributed by atoms with Crippen LogP contribution in [0.15, 0.2) is 42.5 Å². The minimum atomic E-state index is -0.425. The normalized spacial score (nSPS) is 13.2. The second kappa shape index (κ2) is 11.8. The highest BCUT2D eigenvalue weighted by molar-refractivity contribution is 6.31. The summed E-state index contributed by atoms with van der Waals surface area (Å²) in [6.45, 7) is 1.55. The number of methoxy groups -OCH3 is 1. The van der Waals surface area contributed by atoms with Crippen LogP contribution in [0.1, 0.15) is 30.4 Å². The van der Waals surface area contributed by atoms with E-state index in [1.807, 2.05) is 0 Å². The standard InChI is InChI=1S/C25H27ClFN3O5/c1-17-20(26)5-3-6-21(17)30-16-29(15-24(30)33)23(32)14-28(13-18-9-11-19(27)12-10-18)22(31)7-4-8-25(34)35-2/h3,5-6,9-12H,4,7-8,13-16H2,1-2H3. The molecule has 0 spiro atoms. The van der Waals surface area contributed by atoms with E-state index in [1.54, 1.807) is 25.1 Å². The number of amides is 3. The van der Waals surface area contributed by atoms with E-state index < -0.39 is 17.7 Å². The molecule has 0 atom stereocenters. The first-order valence-electron chi connectivity index (χ1n) is 11.1. The maximum atomic E-state index is 13.3. The van der Waals surface area contributed by atoms with Gasteiger partial charge in [0.25, 0.3) is 0 Å². The first kappa shape index (κ1) is 26.2. The molecule has 0 N–H and O–H groups in total. The van der Waals surface area contributed by atoms with Gasteiger partial charge >= 0.3 is 5.97 Å². The molecule has 1 aliphatic rings. The molecule has 0 aliphatic carbocycles. The molecule has 3 amide bonds. The fourth-order valence-electron chi connectivity index (χ4n) is 3.76. The molecule has 35 heavy (non-hydrogen) atoms. The summed E-state index contributed by atoms with van der Waals surface area (Å²) in [5.41, 5.74) is 2.00. The molecule has 1 heterocycles. The Bertz CT molecular complexity index is 1110. The zero-order valence-electron chi connectivity index (χ0n) is 19.6. The van der Waals surface area contributed by atoms with Crippen LogP contribution in [0.3, 0.4) is 0 Å². The summed E-state index contributed by atoms with van der Waals surface area (Å²) in [5, 5.41) is 0.517. The molecule has 0 radical (unpaired) electrons. The quantitative estimate of drug-likeness (QED) is 0.490. The zero-order chi connectivity index (χ0) is 25.5. The van der Waals surface area contributed by atoms with Crippen LogP contribution in [0.25, 0.3) is 0 Å². The largest absolute Gasteiger partial charge is 0.469 e. The molecule has 0 unspecified atom stereocenters. The molecule has 2 aromatic carbocycles. The van der Waals surface area contributed by atoms with Crippen molar-refractivity contribution in [2.45, 2.75) is 32.7 Å². The highest BCUT2D eigenvalue weighted by Gasteiger charge is 2.33. The number of halogens is 2. The Morgan fingerprint density at radius 3 is 2.51 bits per heavy atom. The van der Waals surface area contributed by atoms with Crippen LogP contribution in [0.2, 0.25) is 5.02 Å². The topological polar surface area (TPSA) is 87.2 Å². The van der Waals surface area contributed by atoms with E-state index in [2.05, 4.69) is 4.74 Å². The van der Waals surface area contributed by atoms with Crippen LogP contribution in [0.4, 0.5) is 10.1 Å². The number of benzene rings is 2. The summed E-state index contributed by atoms with van der Waals surface area (Å²) in [5.74, 6) is -1.82. The van der Waals surface area contributed by atoms with E-state index >= 15 is 0 Å². The molecular weight excluding hydrogens is 477 g/mol. The number of carbonyl (C=O) groups excluding carboxylic acids is 4. The third kappa shape index (κ3) is 6.79. The van der Waals surface area contributed by atoms with E-state index in [-0.39, 0.29) is 57.4 Å². The van der Waals surface area contributed by atoms with Crippen molar-refractivity contribution in [2.24, 2.45) is 0 Å². The minimum Gasteiger partial charge on any atom is -0.469 e. The van der Waals surface area contributed by atoms with E-state index in [9.17, 15) is 23.6 Å². The monoisotopic (exact) mass is 503 g/mol. The van der Waals surface area contributed by atoms with Gasteiger partial charge in [0.1, 0.15) is 25.6 Å². The first-order valence-corrected chi connectivity index (χ1v) is 11.5. The molecule has 186 valence electrons. The molecule has 8 nitrogen and oxygen atoms in total. The maximum Gasteiger partial charge on any atom is 0.305 e. The van der Waals surface area contributed by atoms with Gasteiger partial charge in [-0.05, 0) is 48.7 Å². The summed E-state index contributed by atoms with van der Waals surface area (Å²) in [4.78, 5) is 54.3. The van der Waals surface area contributed by atoms with Gasteiger partial charge in [-0.25, -0.2) is 4.39 Å². The van der Waals surface area contributed by atoms with Crippen molar-refractivity contribution in [3.05, 3.63) is 64.4 Å². The number of carbonyl (C=O) groups is 4. The Hall–Kier alpha value is -3.46. The highest BCUT2D eigenvalue weighted by atomic mass is 35.5. The lowest BCUT2D eigenvalue weighted by Gasteiger charge is -2.25. The number of hydrogen-bond donors (Lipinski definition) is 0. The third-order valence-electron chi connectivity index (χ3n) is 5.79. The summed E-state index contributed by atoms with van der Waals surface area (Å²) < 4.78 is 17.9. The summed E-state index contributed by atoms with van der Waals surface area (Å²) in [6.07, 6.45) is 0.384. The molecule has 1 saturated heterocycles. The molecule has 2 aromatic rings. The SMILES string of the molecule is COC(=O)CCCC(=O)N(CC(=O)N1CC(=O)N(c2cccc(Cl)c2C)C1)Cc1ccc(F)cc1. The van der Waals surface area contributed by atoms with Gasteiger partial charge in [0, 0.05) is 30.1 Å². The summed E-state index contributed by atoms with van der Waals surface area (Å²) >= 11 is 6.18. The van der Waals surface area contributed by atoms with Crippen LogP contribution in [-0.2, 0) is 30.5 Å². The average molecular weight is 504 g/mol. The molecule has 1 aliphatic heterocycles. The van der Waals surface area contributed by atoms with Gasteiger partial charge in [-0.3, -0.25) is 24.1 Å². The Labute approximate surface area is 208 Å².